The fourth-order valence-electron chi connectivity index (χ4n) is 4.33. The van der Waals surface area contributed by atoms with Gasteiger partial charge in [0.25, 0.3) is 0 Å². The Hall–Kier alpha value is -2.57. The van der Waals surface area contributed by atoms with Crippen LogP contribution in [-0.4, -0.2) is 65.5 Å². The van der Waals surface area contributed by atoms with E-state index in [9.17, 15) is 19.5 Å². The van der Waals surface area contributed by atoms with E-state index in [2.05, 4.69) is 0 Å². The normalized spacial score (nSPS) is 21.6. The molecule has 0 radical (unpaired) electrons. The zero-order chi connectivity index (χ0) is 19.6. The predicted octanol–water partition coefficient (Wildman–Crippen LogP) is 1.55. The summed E-state index contributed by atoms with van der Waals surface area (Å²) in [6.07, 6.45) is 2.15. The Morgan fingerprint density at radius 1 is 1.22 bits per heavy atom. The third kappa shape index (κ3) is 3.63. The molecule has 1 N–H and O–H groups in total. The van der Waals surface area contributed by atoms with Crippen molar-refractivity contribution in [2.45, 2.75) is 37.6 Å². The minimum atomic E-state index is -0.924. The molecule has 2 aliphatic rings. The molecule has 7 heteroatoms. The first-order valence-electron chi connectivity index (χ1n) is 9.27. The largest absolute Gasteiger partial charge is 0.497 e. The highest BCUT2D eigenvalue weighted by atomic mass is 16.5. The second kappa shape index (κ2) is 7.58. The van der Waals surface area contributed by atoms with Crippen molar-refractivity contribution in [2.75, 3.05) is 27.2 Å². The molecule has 2 saturated heterocycles. The first kappa shape index (κ1) is 19.2. The summed E-state index contributed by atoms with van der Waals surface area (Å²) < 4.78 is 5.13. The zero-order valence-corrected chi connectivity index (χ0v) is 15.8. The number of hydrogen-bond donors (Lipinski definition) is 1. The first-order chi connectivity index (χ1) is 12.9. The highest BCUT2D eigenvalue weighted by Crippen LogP contribution is 2.42. The van der Waals surface area contributed by atoms with Gasteiger partial charge in [0.05, 0.1) is 18.6 Å². The van der Waals surface area contributed by atoms with Crippen molar-refractivity contribution in [3.63, 3.8) is 0 Å². The maximum absolute atomic E-state index is 12.6. The van der Waals surface area contributed by atoms with Gasteiger partial charge in [0.15, 0.2) is 0 Å². The van der Waals surface area contributed by atoms with Crippen LogP contribution in [0, 0.1) is 5.92 Å². The van der Waals surface area contributed by atoms with Crippen LogP contribution < -0.4 is 4.74 Å². The number of carbonyl (C=O) groups excluding carboxylic acids is 2. The van der Waals surface area contributed by atoms with Crippen LogP contribution in [0.15, 0.2) is 24.3 Å². The number of amides is 2. The Morgan fingerprint density at radius 2 is 1.85 bits per heavy atom. The summed E-state index contributed by atoms with van der Waals surface area (Å²) in [7, 11) is 3.30. The Labute approximate surface area is 158 Å². The topological polar surface area (TPSA) is 87.1 Å². The third-order valence-electron chi connectivity index (χ3n) is 6.14. The van der Waals surface area contributed by atoms with E-state index in [1.807, 2.05) is 24.3 Å². The molecule has 146 valence electrons. The lowest BCUT2D eigenvalue weighted by atomic mass is 9.77. The van der Waals surface area contributed by atoms with E-state index in [1.54, 1.807) is 24.0 Å². The molecular weight excluding hydrogens is 348 g/mol. The Bertz CT molecular complexity index is 722. The number of aliphatic carboxylic acids is 1. The van der Waals surface area contributed by atoms with E-state index in [-0.39, 0.29) is 18.2 Å². The standard InChI is InChI=1S/C20H26N2O5/c1-21-18(24)13-16(19(25)26)20(21)9-11-22(12-10-20)17(23)8-5-14-3-6-15(27-2)7-4-14/h3-4,6-7,16H,5,8-13H2,1-2H3,(H,25,26)/t16-/m1/s1. The number of nitrogens with zero attached hydrogens (tertiary/aromatic N) is 2. The number of rotatable bonds is 5. The predicted molar refractivity (Wildman–Crippen MR) is 98.4 cm³/mol. The van der Waals surface area contributed by atoms with Crippen LogP contribution in [-0.2, 0) is 20.8 Å². The molecule has 0 aromatic heterocycles. The molecule has 0 unspecified atom stereocenters. The van der Waals surface area contributed by atoms with Crippen molar-refractivity contribution >= 4 is 17.8 Å². The quantitative estimate of drug-likeness (QED) is 0.845. The number of hydrogen-bond acceptors (Lipinski definition) is 4. The summed E-state index contributed by atoms with van der Waals surface area (Å²) in [4.78, 5) is 39.6. The highest BCUT2D eigenvalue weighted by molar-refractivity contribution is 5.88. The molecule has 27 heavy (non-hydrogen) atoms. The summed E-state index contributed by atoms with van der Waals surface area (Å²) >= 11 is 0. The molecule has 2 heterocycles. The number of methoxy groups -OCH3 is 1. The Kier molecular flexibility index (Phi) is 5.39. The van der Waals surface area contributed by atoms with Gasteiger partial charge in [0.1, 0.15) is 5.75 Å². The monoisotopic (exact) mass is 374 g/mol. The summed E-state index contributed by atoms with van der Waals surface area (Å²) in [5.41, 5.74) is 0.417. The van der Waals surface area contributed by atoms with Crippen LogP contribution in [0.4, 0.5) is 0 Å². The number of likely N-dealkylation sites (tertiary alicyclic amines) is 2. The zero-order valence-electron chi connectivity index (χ0n) is 15.8. The number of ether oxygens (including phenoxy) is 1. The maximum Gasteiger partial charge on any atom is 0.309 e. The molecule has 0 saturated carbocycles. The van der Waals surface area contributed by atoms with Gasteiger partial charge in [-0.2, -0.15) is 0 Å². The molecule has 0 aliphatic carbocycles. The van der Waals surface area contributed by atoms with Crippen LogP contribution in [0.25, 0.3) is 0 Å². The molecule has 2 fully saturated rings. The third-order valence-corrected chi connectivity index (χ3v) is 6.14. The number of carboxylic acid groups (broad SMARTS) is 1. The van der Waals surface area contributed by atoms with E-state index in [4.69, 9.17) is 4.74 Å². The second-order valence-corrected chi connectivity index (χ2v) is 7.38. The van der Waals surface area contributed by atoms with E-state index < -0.39 is 17.4 Å². The lowest BCUT2D eigenvalue weighted by Gasteiger charge is -2.45. The van der Waals surface area contributed by atoms with Crippen molar-refractivity contribution in [3.8, 4) is 5.75 Å². The van der Waals surface area contributed by atoms with Crippen LogP contribution >= 0.6 is 0 Å². The second-order valence-electron chi connectivity index (χ2n) is 7.38. The fourth-order valence-corrected chi connectivity index (χ4v) is 4.33. The summed E-state index contributed by atoms with van der Waals surface area (Å²) in [5.74, 6) is -0.880. The smallest absolute Gasteiger partial charge is 0.309 e. The number of aryl methyl sites for hydroxylation is 1. The van der Waals surface area contributed by atoms with E-state index >= 15 is 0 Å². The maximum atomic E-state index is 12.6. The van der Waals surface area contributed by atoms with Gasteiger partial charge in [0.2, 0.25) is 11.8 Å². The van der Waals surface area contributed by atoms with Crippen LogP contribution in [0.3, 0.4) is 0 Å². The molecule has 2 aliphatic heterocycles. The Balaban J connectivity index is 1.57. The van der Waals surface area contributed by atoms with Gasteiger partial charge < -0.3 is 19.6 Å². The molecule has 0 bridgehead atoms. The van der Waals surface area contributed by atoms with Gasteiger partial charge >= 0.3 is 5.97 Å². The lowest BCUT2D eigenvalue weighted by Crippen LogP contribution is -2.56. The average molecular weight is 374 g/mol. The average Bonchev–Trinajstić information content (AvgIpc) is 2.92. The molecular formula is C20H26N2O5. The minimum Gasteiger partial charge on any atom is -0.497 e. The number of carboxylic acids is 1. The van der Waals surface area contributed by atoms with Gasteiger partial charge in [0, 0.05) is 33.0 Å². The van der Waals surface area contributed by atoms with Crippen molar-refractivity contribution < 1.29 is 24.2 Å². The summed E-state index contributed by atoms with van der Waals surface area (Å²) in [6, 6.07) is 7.66. The molecule has 3 rings (SSSR count). The van der Waals surface area contributed by atoms with Gasteiger partial charge in [-0.25, -0.2) is 0 Å². The fraction of sp³-hybridized carbons (Fsp3) is 0.550. The number of benzene rings is 1. The van der Waals surface area contributed by atoms with Gasteiger partial charge in [-0.15, -0.1) is 0 Å². The van der Waals surface area contributed by atoms with Gasteiger partial charge in [-0.05, 0) is 37.0 Å². The summed E-state index contributed by atoms with van der Waals surface area (Å²) in [5, 5.41) is 9.52. The van der Waals surface area contributed by atoms with Crippen molar-refractivity contribution in [2.24, 2.45) is 5.92 Å². The SMILES string of the molecule is COc1ccc(CCC(=O)N2CCC3(CC2)[C@@H](C(=O)O)CC(=O)N3C)cc1. The molecule has 1 aromatic carbocycles. The van der Waals surface area contributed by atoms with Gasteiger partial charge in [-0.1, -0.05) is 12.1 Å². The summed E-state index contributed by atoms with van der Waals surface area (Å²) in [6.45, 7) is 0.978. The van der Waals surface area contributed by atoms with E-state index in [1.165, 1.54) is 0 Å². The van der Waals surface area contributed by atoms with E-state index in [0.717, 1.165) is 11.3 Å². The van der Waals surface area contributed by atoms with Crippen molar-refractivity contribution in [1.29, 1.82) is 0 Å². The van der Waals surface area contributed by atoms with Crippen LogP contribution in [0.2, 0.25) is 0 Å². The molecule has 2 amide bonds. The van der Waals surface area contributed by atoms with Crippen LogP contribution in [0.1, 0.15) is 31.2 Å². The molecule has 1 aromatic rings. The molecule has 7 nitrogen and oxygen atoms in total. The first-order valence-corrected chi connectivity index (χ1v) is 9.27. The lowest BCUT2D eigenvalue weighted by molar-refractivity contribution is -0.147. The van der Waals surface area contributed by atoms with E-state index in [0.29, 0.717) is 38.8 Å². The van der Waals surface area contributed by atoms with Crippen molar-refractivity contribution in [3.05, 3.63) is 29.8 Å². The van der Waals surface area contributed by atoms with Crippen LogP contribution in [0.5, 0.6) is 5.75 Å². The number of carbonyl (C=O) groups is 3. The van der Waals surface area contributed by atoms with Gasteiger partial charge in [-0.3, -0.25) is 14.4 Å². The van der Waals surface area contributed by atoms with Crippen molar-refractivity contribution in [1.82, 2.24) is 9.80 Å². The molecule has 1 atom stereocenters. The number of piperidine rings is 1. The molecule has 1 spiro atoms. The highest BCUT2D eigenvalue weighted by Gasteiger charge is 2.55. The Morgan fingerprint density at radius 3 is 2.41 bits per heavy atom. The minimum absolute atomic E-state index is 0.0528.